The second-order valence-electron chi connectivity index (χ2n) is 5.56. The van der Waals surface area contributed by atoms with Crippen LogP contribution in [0.2, 0.25) is 10.0 Å². The first-order chi connectivity index (χ1) is 12.2. The van der Waals surface area contributed by atoms with Crippen LogP contribution in [0, 0.1) is 6.92 Å². The summed E-state index contributed by atoms with van der Waals surface area (Å²) >= 11 is 12.2. The Morgan fingerprint density at radius 3 is 2.42 bits per heavy atom. The van der Waals surface area contributed by atoms with Gasteiger partial charge in [-0.1, -0.05) is 29.0 Å². The van der Waals surface area contributed by atoms with Crippen LogP contribution in [0.25, 0.3) is 0 Å². The number of hydrogen-bond acceptors (Lipinski definition) is 7. The van der Waals surface area contributed by atoms with Crippen molar-refractivity contribution >= 4 is 40.7 Å². The number of rotatable bonds is 2. The van der Waals surface area contributed by atoms with E-state index in [0.717, 1.165) is 19.3 Å². The molecule has 0 unspecified atom stereocenters. The standard InChI is InChI=1S/C17H12Cl2O7/c1-6-11(18)13(21)10-14(12(6)19)26-17(15(10)22)8(16(23)25-3)4-7(20)5-9(17)24-2/h4-5,21H,1-3H3/p-1/t17-/m1/s1. The molecule has 9 heteroatoms. The van der Waals surface area contributed by atoms with Gasteiger partial charge in [0.2, 0.25) is 5.78 Å². The number of allylic oxidation sites excluding steroid dienone is 2. The van der Waals surface area contributed by atoms with E-state index in [1.54, 1.807) is 0 Å². The van der Waals surface area contributed by atoms with Crippen molar-refractivity contribution in [3.05, 3.63) is 44.7 Å². The Bertz CT molecular complexity index is 945. The van der Waals surface area contributed by atoms with E-state index in [4.69, 9.17) is 32.7 Å². The molecule has 1 aliphatic carbocycles. The first kappa shape index (κ1) is 18.3. The summed E-state index contributed by atoms with van der Waals surface area (Å²) in [7, 11) is 2.27. The molecule has 26 heavy (non-hydrogen) atoms. The van der Waals surface area contributed by atoms with Crippen molar-refractivity contribution in [3.63, 3.8) is 0 Å². The lowest BCUT2D eigenvalue weighted by Crippen LogP contribution is -2.49. The second kappa shape index (κ2) is 6.03. The van der Waals surface area contributed by atoms with Crippen LogP contribution in [0.4, 0.5) is 0 Å². The molecule has 0 saturated carbocycles. The van der Waals surface area contributed by atoms with E-state index in [1.807, 2.05) is 0 Å². The average Bonchev–Trinajstić information content (AvgIpc) is 2.93. The minimum absolute atomic E-state index is 0.0496. The highest BCUT2D eigenvalue weighted by Gasteiger charge is 2.60. The van der Waals surface area contributed by atoms with Crippen LogP contribution >= 0.6 is 23.2 Å². The molecule has 0 amide bonds. The van der Waals surface area contributed by atoms with Gasteiger partial charge in [0.15, 0.2) is 17.3 Å². The van der Waals surface area contributed by atoms with E-state index in [1.165, 1.54) is 14.0 Å². The number of benzene rings is 1. The molecular weight excluding hydrogens is 387 g/mol. The van der Waals surface area contributed by atoms with Gasteiger partial charge in [-0.25, -0.2) is 4.79 Å². The van der Waals surface area contributed by atoms with Gasteiger partial charge in [0.1, 0.15) is 5.57 Å². The van der Waals surface area contributed by atoms with Gasteiger partial charge >= 0.3 is 5.97 Å². The summed E-state index contributed by atoms with van der Waals surface area (Å²) in [6, 6.07) is 0. The predicted molar refractivity (Wildman–Crippen MR) is 88.5 cm³/mol. The molecule has 3 rings (SSSR count). The fourth-order valence-corrected chi connectivity index (χ4v) is 3.41. The lowest BCUT2D eigenvalue weighted by Gasteiger charge is -2.31. The second-order valence-corrected chi connectivity index (χ2v) is 6.32. The zero-order valence-corrected chi connectivity index (χ0v) is 15.3. The highest BCUT2D eigenvalue weighted by atomic mass is 35.5. The summed E-state index contributed by atoms with van der Waals surface area (Å²) in [5, 5.41) is 12.2. The molecular formula is C17H11Cl2O7-. The summed E-state index contributed by atoms with van der Waals surface area (Å²) < 4.78 is 15.5. The van der Waals surface area contributed by atoms with E-state index >= 15 is 0 Å². The quantitative estimate of drug-likeness (QED) is 0.702. The van der Waals surface area contributed by atoms with Gasteiger partial charge in [-0.05, 0) is 12.5 Å². The van der Waals surface area contributed by atoms with Gasteiger partial charge in [-0.2, -0.15) is 0 Å². The van der Waals surface area contributed by atoms with E-state index < -0.39 is 40.0 Å². The van der Waals surface area contributed by atoms with Crippen LogP contribution in [-0.2, 0) is 19.1 Å². The number of methoxy groups -OCH3 is 2. The first-order valence-electron chi connectivity index (χ1n) is 7.23. The molecule has 1 heterocycles. The van der Waals surface area contributed by atoms with E-state index in [2.05, 4.69) is 4.74 Å². The number of ether oxygens (including phenoxy) is 3. The zero-order valence-electron chi connectivity index (χ0n) is 13.8. The Morgan fingerprint density at radius 1 is 1.19 bits per heavy atom. The normalized spacial score (nSPS) is 21.1. The van der Waals surface area contributed by atoms with Gasteiger partial charge in [-0.3, -0.25) is 9.59 Å². The third kappa shape index (κ3) is 2.17. The number of esters is 1. The van der Waals surface area contributed by atoms with Crippen LogP contribution in [0.3, 0.4) is 0 Å². The molecule has 0 bridgehead atoms. The number of ketones is 2. The number of carbonyl (C=O) groups is 3. The van der Waals surface area contributed by atoms with Crippen molar-refractivity contribution in [2.75, 3.05) is 14.2 Å². The fourth-order valence-electron chi connectivity index (χ4n) is 2.94. The van der Waals surface area contributed by atoms with E-state index in [-0.39, 0.29) is 27.1 Å². The maximum Gasteiger partial charge on any atom is 0.338 e. The molecule has 0 N–H and O–H groups in total. The lowest BCUT2D eigenvalue weighted by molar-refractivity contribution is -0.268. The van der Waals surface area contributed by atoms with Gasteiger partial charge in [0.25, 0.3) is 5.60 Å². The summed E-state index contributed by atoms with van der Waals surface area (Å²) in [4.78, 5) is 37.3. The number of hydrogen-bond donors (Lipinski definition) is 0. The minimum Gasteiger partial charge on any atom is -0.871 e. The summed E-state index contributed by atoms with van der Waals surface area (Å²) in [5.41, 5.74) is -2.80. The van der Waals surface area contributed by atoms with Gasteiger partial charge in [-0.15, -0.1) is 0 Å². The van der Waals surface area contributed by atoms with Gasteiger partial charge in [0.05, 0.1) is 24.8 Å². The third-order valence-corrected chi connectivity index (χ3v) is 5.13. The molecule has 7 nitrogen and oxygen atoms in total. The maximum absolute atomic E-state index is 13.2. The van der Waals surface area contributed by atoms with Crippen molar-refractivity contribution in [2.24, 2.45) is 0 Å². The number of Topliss-reactive ketones (excluding diaryl/α,β-unsaturated/α-hetero) is 1. The maximum atomic E-state index is 13.2. The Hall–Kier alpha value is -2.51. The van der Waals surface area contributed by atoms with E-state index in [9.17, 15) is 19.5 Å². The smallest absolute Gasteiger partial charge is 0.338 e. The van der Waals surface area contributed by atoms with Gasteiger partial charge < -0.3 is 19.3 Å². The Labute approximate surface area is 157 Å². The van der Waals surface area contributed by atoms with Crippen LogP contribution in [0.1, 0.15) is 15.9 Å². The van der Waals surface area contributed by atoms with Crippen LogP contribution in [0.15, 0.2) is 23.5 Å². The molecule has 0 radical (unpaired) electrons. The molecule has 1 aliphatic heterocycles. The zero-order chi connectivity index (χ0) is 19.4. The van der Waals surface area contributed by atoms with Crippen molar-refractivity contribution in [1.82, 2.24) is 0 Å². The number of carbonyl (C=O) groups excluding carboxylic acids is 3. The molecule has 1 spiro atoms. The monoisotopic (exact) mass is 397 g/mol. The van der Waals surface area contributed by atoms with Crippen molar-refractivity contribution in [1.29, 1.82) is 0 Å². The number of fused-ring (bicyclic) bond motifs is 1. The molecule has 2 aliphatic rings. The largest absolute Gasteiger partial charge is 0.871 e. The molecule has 1 atom stereocenters. The summed E-state index contributed by atoms with van der Waals surface area (Å²) in [5.74, 6) is -3.80. The molecule has 1 aromatic rings. The molecule has 0 fully saturated rings. The van der Waals surface area contributed by atoms with Crippen LogP contribution in [0.5, 0.6) is 11.5 Å². The molecule has 136 valence electrons. The highest BCUT2D eigenvalue weighted by Crippen LogP contribution is 2.53. The Balaban J connectivity index is 2.35. The van der Waals surface area contributed by atoms with Crippen molar-refractivity contribution in [3.8, 4) is 11.5 Å². The van der Waals surface area contributed by atoms with Crippen LogP contribution in [-0.4, -0.2) is 37.4 Å². The molecule has 0 aromatic heterocycles. The third-order valence-electron chi connectivity index (χ3n) is 4.22. The molecule has 0 saturated heterocycles. The molecule has 1 aromatic carbocycles. The minimum atomic E-state index is -2.18. The predicted octanol–water partition coefficient (Wildman–Crippen LogP) is 1.90. The SMILES string of the molecule is COC(=O)C1=CC(=O)C=C(OC)[C@]12Oc1c(Cl)c(C)c(Cl)c([O-])c1C2=O. The average molecular weight is 398 g/mol. The Morgan fingerprint density at radius 2 is 1.85 bits per heavy atom. The Kier molecular flexibility index (Phi) is 4.24. The van der Waals surface area contributed by atoms with Crippen molar-refractivity contribution in [2.45, 2.75) is 12.5 Å². The van der Waals surface area contributed by atoms with Crippen LogP contribution < -0.4 is 9.84 Å². The van der Waals surface area contributed by atoms with Crippen molar-refractivity contribution < 1.29 is 33.7 Å². The highest BCUT2D eigenvalue weighted by molar-refractivity contribution is 6.40. The fraction of sp³-hybridized carbons (Fsp3) is 0.235. The summed E-state index contributed by atoms with van der Waals surface area (Å²) in [6.07, 6.45) is 1.88. The topological polar surface area (TPSA) is 102 Å². The first-order valence-corrected chi connectivity index (χ1v) is 7.99. The lowest BCUT2D eigenvalue weighted by atomic mass is 9.81. The van der Waals surface area contributed by atoms with E-state index in [0.29, 0.717) is 0 Å². The summed E-state index contributed by atoms with van der Waals surface area (Å²) in [6.45, 7) is 1.49. The number of halogens is 2. The van der Waals surface area contributed by atoms with Gasteiger partial charge in [0, 0.05) is 17.2 Å².